The van der Waals surface area contributed by atoms with Crippen molar-refractivity contribution in [2.45, 2.75) is 6.04 Å². The van der Waals surface area contributed by atoms with Crippen LogP contribution in [0.15, 0.2) is 73.1 Å². The fourth-order valence-electron chi connectivity index (χ4n) is 3.55. The first-order valence-corrected chi connectivity index (χ1v) is 9.72. The molecule has 1 amide bonds. The van der Waals surface area contributed by atoms with E-state index in [4.69, 9.17) is 0 Å². The largest absolute Gasteiger partial charge is 0.382 e. The van der Waals surface area contributed by atoms with E-state index in [1.165, 1.54) is 12.1 Å². The molecule has 0 radical (unpaired) electrons. The van der Waals surface area contributed by atoms with Gasteiger partial charge >= 0.3 is 0 Å². The van der Waals surface area contributed by atoms with Gasteiger partial charge in [0.25, 0.3) is 5.91 Å². The van der Waals surface area contributed by atoms with E-state index in [-0.39, 0.29) is 17.8 Å². The zero-order chi connectivity index (χ0) is 20.1. The molecule has 3 aromatic rings. The van der Waals surface area contributed by atoms with Crippen molar-refractivity contribution in [1.82, 2.24) is 15.2 Å². The minimum Gasteiger partial charge on any atom is -0.382 e. The van der Waals surface area contributed by atoms with Gasteiger partial charge in [0.15, 0.2) is 0 Å². The number of anilines is 1. The number of hydrogen-bond donors (Lipinski definition) is 2. The van der Waals surface area contributed by atoms with E-state index in [1.807, 2.05) is 41.3 Å². The molecule has 0 saturated carbocycles. The molecule has 2 N–H and O–H groups in total. The summed E-state index contributed by atoms with van der Waals surface area (Å²) in [5, 5.41) is 6.73. The quantitative estimate of drug-likeness (QED) is 0.701. The SMILES string of the molecule is O=C(c1cccc(-c2ccc(F)cc2)c1)N1CCNCC1CNc1cccnc1. The van der Waals surface area contributed by atoms with Crippen LogP contribution in [0.2, 0.25) is 0 Å². The summed E-state index contributed by atoms with van der Waals surface area (Å²) in [5.74, 6) is -0.265. The second-order valence-corrected chi connectivity index (χ2v) is 7.07. The van der Waals surface area contributed by atoms with Crippen molar-refractivity contribution in [1.29, 1.82) is 0 Å². The number of carbonyl (C=O) groups excluding carboxylic acids is 1. The summed E-state index contributed by atoms with van der Waals surface area (Å²) in [5.41, 5.74) is 3.36. The number of amides is 1. The molecule has 29 heavy (non-hydrogen) atoms. The third-order valence-corrected chi connectivity index (χ3v) is 5.10. The Morgan fingerprint density at radius 1 is 1.14 bits per heavy atom. The second-order valence-electron chi connectivity index (χ2n) is 7.07. The zero-order valence-electron chi connectivity index (χ0n) is 16.0. The highest BCUT2D eigenvalue weighted by atomic mass is 19.1. The first-order valence-electron chi connectivity index (χ1n) is 9.72. The number of aromatic nitrogens is 1. The molecule has 1 unspecified atom stereocenters. The Morgan fingerprint density at radius 3 is 2.79 bits per heavy atom. The average Bonchev–Trinajstić information content (AvgIpc) is 2.79. The van der Waals surface area contributed by atoms with Crippen molar-refractivity contribution >= 4 is 11.6 Å². The molecule has 1 aliphatic rings. The van der Waals surface area contributed by atoms with Gasteiger partial charge in [0.2, 0.25) is 0 Å². The summed E-state index contributed by atoms with van der Waals surface area (Å²) in [6.45, 7) is 2.80. The first kappa shape index (κ1) is 19.1. The third-order valence-electron chi connectivity index (χ3n) is 5.10. The molecular formula is C23H23FN4O. The maximum atomic E-state index is 13.3. The highest BCUT2D eigenvalue weighted by Gasteiger charge is 2.27. The van der Waals surface area contributed by atoms with E-state index >= 15 is 0 Å². The second kappa shape index (κ2) is 8.84. The lowest BCUT2D eigenvalue weighted by molar-refractivity contribution is 0.0649. The Kier molecular flexibility index (Phi) is 5.81. The fraction of sp³-hybridized carbons (Fsp3) is 0.217. The van der Waals surface area contributed by atoms with Crippen LogP contribution in [0.1, 0.15) is 10.4 Å². The van der Waals surface area contributed by atoms with Gasteiger partial charge in [-0.3, -0.25) is 9.78 Å². The fourth-order valence-corrected chi connectivity index (χ4v) is 3.55. The van der Waals surface area contributed by atoms with Gasteiger partial charge in [-0.05, 0) is 47.5 Å². The van der Waals surface area contributed by atoms with Gasteiger partial charge in [0.05, 0.1) is 11.7 Å². The van der Waals surface area contributed by atoms with E-state index in [0.29, 0.717) is 18.7 Å². The Morgan fingerprint density at radius 2 is 2.00 bits per heavy atom. The van der Waals surface area contributed by atoms with E-state index in [0.717, 1.165) is 29.9 Å². The molecule has 5 nitrogen and oxygen atoms in total. The Hall–Kier alpha value is -3.25. The van der Waals surface area contributed by atoms with Gasteiger partial charge < -0.3 is 15.5 Å². The Balaban J connectivity index is 1.50. The molecule has 1 saturated heterocycles. The van der Waals surface area contributed by atoms with E-state index in [9.17, 15) is 9.18 Å². The minimum atomic E-state index is -0.272. The number of halogens is 1. The number of benzene rings is 2. The van der Waals surface area contributed by atoms with Gasteiger partial charge in [-0.25, -0.2) is 4.39 Å². The van der Waals surface area contributed by atoms with Crippen LogP contribution in [0, 0.1) is 5.82 Å². The number of piperazine rings is 1. The Bertz CT molecular complexity index is 962. The summed E-state index contributed by atoms with van der Waals surface area (Å²) < 4.78 is 13.2. The van der Waals surface area contributed by atoms with Crippen LogP contribution in [-0.4, -0.2) is 48.0 Å². The summed E-state index contributed by atoms with van der Waals surface area (Å²) in [6, 6.07) is 17.7. The molecule has 4 rings (SSSR count). The van der Waals surface area contributed by atoms with Gasteiger partial charge in [0, 0.05) is 44.1 Å². The highest BCUT2D eigenvalue weighted by molar-refractivity contribution is 5.95. The maximum Gasteiger partial charge on any atom is 0.254 e. The molecule has 1 aromatic heterocycles. The molecule has 1 aliphatic heterocycles. The third kappa shape index (κ3) is 4.60. The number of nitrogens with zero attached hydrogens (tertiary/aromatic N) is 2. The van der Waals surface area contributed by atoms with Crippen LogP contribution in [0.4, 0.5) is 10.1 Å². The number of nitrogens with one attached hydrogen (secondary N) is 2. The smallest absolute Gasteiger partial charge is 0.254 e. The standard InChI is InChI=1S/C23H23FN4O/c24-20-8-6-17(7-9-20)18-3-1-4-19(13-18)23(29)28-12-11-26-15-22(28)16-27-21-5-2-10-25-14-21/h1-10,13-14,22,26-27H,11-12,15-16H2. The minimum absolute atomic E-state index is 0.00782. The summed E-state index contributed by atoms with van der Waals surface area (Å²) >= 11 is 0. The topological polar surface area (TPSA) is 57.3 Å². The number of rotatable bonds is 5. The zero-order valence-corrected chi connectivity index (χ0v) is 16.0. The van der Waals surface area contributed by atoms with E-state index in [2.05, 4.69) is 15.6 Å². The lowest BCUT2D eigenvalue weighted by Gasteiger charge is -2.36. The van der Waals surface area contributed by atoms with Crippen molar-refractivity contribution < 1.29 is 9.18 Å². The van der Waals surface area contributed by atoms with Gasteiger partial charge in [0.1, 0.15) is 5.82 Å². The predicted molar refractivity (Wildman–Crippen MR) is 112 cm³/mol. The lowest BCUT2D eigenvalue weighted by atomic mass is 10.0. The molecular weight excluding hydrogens is 367 g/mol. The van der Waals surface area contributed by atoms with Crippen molar-refractivity contribution in [2.24, 2.45) is 0 Å². The van der Waals surface area contributed by atoms with Crippen LogP contribution in [0.25, 0.3) is 11.1 Å². The molecule has 148 valence electrons. The first-order chi connectivity index (χ1) is 14.2. The molecule has 1 fully saturated rings. The monoisotopic (exact) mass is 390 g/mol. The summed E-state index contributed by atoms with van der Waals surface area (Å²) in [4.78, 5) is 19.3. The van der Waals surface area contributed by atoms with Crippen molar-refractivity contribution in [3.05, 3.63) is 84.4 Å². The van der Waals surface area contributed by atoms with Crippen LogP contribution >= 0.6 is 0 Å². The summed E-state index contributed by atoms with van der Waals surface area (Å²) in [7, 11) is 0. The van der Waals surface area contributed by atoms with Crippen LogP contribution in [-0.2, 0) is 0 Å². The van der Waals surface area contributed by atoms with Crippen molar-refractivity contribution in [2.75, 3.05) is 31.5 Å². The molecule has 0 aliphatic carbocycles. The summed E-state index contributed by atoms with van der Waals surface area (Å²) in [6.07, 6.45) is 3.51. The van der Waals surface area contributed by atoms with E-state index < -0.39 is 0 Å². The number of carbonyl (C=O) groups is 1. The van der Waals surface area contributed by atoms with Crippen molar-refractivity contribution in [3.63, 3.8) is 0 Å². The molecule has 1 atom stereocenters. The Labute approximate surface area is 169 Å². The number of hydrogen-bond acceptors (Lipinski definition) is 4. The van der Waals surface area contributed by atoms with Crippen LogP contribution in [0.3, 0.4) is 0 Å². The normalized spacial score (nSPS) is 16.4. The van der Waals surface area contributed by atoms with Gasteiger partial charge in [-0.1, -0.05) is 24.3 Å². The molecule has 2 heterocycles. The lowest BCUT2D eigenvalue weighted by Crippen LogP contribution is -2.56. The van der Waals surface area contributed by atoms with Crippen molar-refractivity contribution in [3.8, 4) is 11.1 Å². The molecule has 2 aromatic carbocycles. The average molecular weight is 390 g/mol. The van der Waals surface area contributed by atoms with Gasteiger partial charge in [-0.15, -0.1) is 0 Å². The molecule has 0 bridgehead atoms. The van der Waals surface area contributed by atoms with E-state index in [1.54, 1.807) is 24.5 Å². The highest BCUT2D eigenvalue weighted by Crippen LogP contribution is 2.22. The maximum absolute atomic E-state index is 13.3. The molecule has 6 heteroatoms. The van der Waals surface area contributed by atoms with Crippen LogP contribution < -0.4 is 10.6 Å². The molecule has 0 spiro atoms. The van der Waals surface area contributed by atoms with Crippen LogP contribution in [0.5, 0.6) is 0 Å². The predicted octanol–water partition coefficient (Wildman–Crippen LogP) is 3.41. The number of pyridine rings is 1. The van der Waals surface area contributed by atoms with Gasteiger partial charge in [-0.2, -0.15) is 0 Å².